The minimum Gasteiger partial charge on any atom is -0.497 e. The lowest BCUT2D eigenvalue weighted by molar-refractivity contribution is 0.414. The highest BCUT2D eigenvalue weighted by atomic mass is 32.2. The molecule has 0 radical (unpaired) electrons. The molecule has 0 aliphatic heterocycles. The molecular weight excluding hydrogens is 399 g/mol. The Kier molecular flexibility index (Phi) is 5.77. The van der Waals surface area contributed by atoms with Crippen LogP contribution in [0.15, 0.2) is 78.0 Å². The summed E-state index contributed by atoms with van der Waals surface area (Å²) >= 11 is 1.44. The van der Waals surface area contributed by atoms with Gasteiger partial charge in [0.25, 0.3) is 0 Å². The second-order valence-electron chi connectivity index (χ2n) is 6.38. The first-order valence-electron chi connectivity index (χ1n) is 9.17. The van der Waals surface area contributed by atoms with Gasteiger partial charge < -0.3 is 4.74 Å². The highest BCUT2D eigenvalue weighted by Gasteiger charge is 2.19. The Hall–Kier alpha value is -3.63. The van der Waals surface area contributed by atoms with Crippen LogP contribution in [-0.4, -0.2) is 21.9 Å². The molecule has 5 nitrogen and oxygen atoms in total. The average Bonchev–Trinajstić information content (AvgIpc) is 3.22. The lowest BCUT2D eigenvalue weighted by atomic mass is 10.1. The molecule has 7 heteroatoms. The van der Waals surface area contributed by atoms with E-state index in [1.807, 2.05) is 47.0 Å². The van der Waals surface area contributed by atoms with Gasteiger partial charge in [-0.2, -0.15) is 5.26 Å². The molecule has 4 aromatic rings. The van der Waals surface area contributed by atoms with Crippen molar-refractivity contribution < 1.29 is 9.13 Å². The minimum atomic E-state index is -0.369. The standard InChI is InChI=1S/C23H17FN4OS/c1-29-19-12-10-18(11-13-19)28-22(20-8-4-5-9-21(20)24)26-27-23(28)30-15-17-7-3-2-6-16(17)14-25/h2-13H,15H2,1H3. The normalized spacial score (nSPS) is 10.6. The van der Waals surface area contributed by atoms with Crippen LogP contribution >= 0.6 is 11.8 Å². The van der Waals surface area contributed by atoms with E-state index in [0.29, 0.717) is 27.9 Å². The van der Waals surface area contributed by atoms with Gasteiger partial charge in [-0.1, -0.05) is 42.1 Å². The molecule has 0 aliphatic carbocycles. The fourth-order valence-electron chi connectivity index (χ4n) is 3.04. The number of ether oxygens (including phenoxy) is 1. The van der Waals surface area contributed by atoms with Crippen molar-refractivity contribution in [2.24, 2.45) is 0 Å². The monoisotopic (exact) mass is 416 g/mol. The number of aromatic nitrogens is 3. The SMILES string of the molecule is COc1ccc(-n2c(SCc3ccccc3C#N)nnc2-c2ccccc2F)cc1. The Morgan fingerprint density at radius 2 is 1.73 bits per heavy atom. The van der Waals surface area contributed by atoms with E-state index in [-0.39, 0.29) is 5.82 Å². The summed E-state index contributed by atoms with van der Waals surface area (Å²) in [5, 5.41) is 18.5. The fraction of sp³-hybridized carbons (Fsp3) is 0.0870. The average molecular weight is 416 g/mol. The zero-order chi connectivity index (χ0) is 20.9. The number of methoxy groups -OCH3 is 1. The number of nitrogens with zero attached hydrogens (tertiary/aromatic N) is 4. The van der Waals surface area contributed by atoms with E-state index >= 15 is 0 Å². The zero-order valence-electron chi connectivity index (χ0n) is 16.1. The van der Waals surface area contributed by atoms with Gasteiger partial charge >= 0.3 is 0 Å². The molecule has 0 saturated heterocycles. The zero-order valence-corrected chi connectivity index (χ0v) is 16.9. The van der Waals surface area contributed by atoms with Gasteiger partial charge in [-0.15, -0.1) is 10.2 Å². The van der Waals surface area contributed by atoms with Gasteiger partial charge in [0.1, 0.15) is 11.6 Å². The van der Waals surface area contributed by atoms with Crippen LogP contribution in [0.3, 0.4) is 0 Å². The molecule has 0 N–H and O–H groups in total. The van der Waals surface area contributed by atoms with Crippen molar-refractivity contribution >= 4 is 11.8 Å². The van der Waals surface area contributed by atoms with Crippen LogP contribution in [-0.2, 0) is 5.75 Å². The summed E-state index contributed by atoms with van der Waals surface area (Å²) in [7, 11) is 1.60. The maximum absolute atomic E-state index is 14.5. The highest BCUT2D eigenvalue weighted by Crippen LogP contribution is 2.31. The van der Waals surface area contributed by atoms with Crippen LogP contribution in [0.4, 0.5) is 4.39 Å². The second kappa shape index (κ2) is 8.80. The molecule has 0 saturated carbocycles. The van der Waals surface area contributed by atoms with Gasteiger partial charge in [-0.05, 0) is 48.0 Å². The van der Waals surface area contributed by atoms with Gasteiger partial charge in [0.2, 0.25) is 0 Å². The van der Waals surface area contributed by atoms with Crippen molar-refractivity contribution in [1.29, 1.82) is 5.26 Å². The Bertz CT molecular complexity index is 1210. The minimum absolute atomic E-state index is 0.366. The lowest BCUT2D eigenvalue weighted by Crippen LogP contribution is -2.01. The van der Waals surface area contributed by atoms with Crippen molar-refractivity contribution in [1.82, 2.24) is 14.8 Å². The molecule has 0 amide bonds. The predicted molar refractivity (Wildman–Crippen MR) is 114 cm³/mol. The summed E-state index contributed by atoms with van der Waals surface area (Å²) in [5.41, 5.74) is 2.68. The third-order valence-corrected chi connectivity index (χ3v) is 5.55. The summed E-state index contributed by atoms with van der Waals surface area (Å²) < 4.78 is 21.6. The topological polar surface area (TPSA) is 63.7 Å². The molecule has 1 aromatic heterocycles. The number of hydrogen-bond donors (Lipinski definition) is 0. The van der Waals surface area contributed by atoms with E-state index in [4.69, 9.17) is 4.74 Å². The highest BCUT2D eigenvalue weighted by molar-refractivity contribution is 7.98. The predicted octanol–water partition coefficient (Wildman–Crippen LogP) is 5.25. The maximum Gasteiger partial charge on any atom is 0.196 e. The smallest absolute Gasteiger partial charge is 0.196 e. The summed E-state index contributed by atoms with van der Waals surface area (Å²) in [6, 6.07) is 23.5. The van der Waals surface area contributed by atoms with Gasteiger partial charge in [0.15, 0.2) is 11.0 Å². The number of rotatable bonds is 6. The van der Waals surface area contributed by atoms with E-state index in [9.17, 15) is 9.65 Å². The summed E-state index contributed by atoms with van der Waals surface area (Å²) in [6.45, 7) is 0. The number of thioether (sulfide) groups is 1. The molecule has 0 bridgehead atoms. The second-order valence-corrected chi connectivity index (χ2v) is 7.32. The first kappa shape index (κ1) is 19.7. The number of halogens is 1. The van der Waals surface area contributed by atoms with E-state index in [2.05, 4.69) is 16.3 Å². The summed E-state index contributed by atoms with van der Waals surface area (Å²) in [5.74, 6) is 1.30. The van der Waals surface area contributed by atoms with E-state index in [1.54, 1.807) is 31.4 Å². The number of benzene rings is 3. The molecule has 148 valence electrons. The molecule has 1 heterocycles. The molecule has 4 rings (SSSR count). The van der Waals surface area contributed by atoms with Crippen molar-refractivity contribution in [2.75, 3.05) is 7.11 Å². The van der Waals surface area contributed by atoms with Crippen LogP contribution in [0.5, 0.6) is 5.75 Å². The van der Waals surface area contributed by atoms with Crippen molar-refractivity contribution in [3.8, 4) is 28.9 Å². The van der Waals surface area contributed by atoms with Crippen LogP contribution in [0.25, 0.3) is 17.1 Å². The van der Waals surface area contributed by atoms with E-state index in [1.165, 1.54) is 17.8 Å². The van der Waals surface area contributed by atoms with Crippen LogP contribution < -0.4 is 4.74 Å². The Labute approximate surface area is 177 Å². The summed E-state index contributed by atoms with van der Waals surface area (Å²) in [6.07, 6.45) is 0. The van der Waals surface area contributed by atoms with Crippen LogP contribution in [0.2, 0.25) is 0 Å². The van der Waals surface area contributed by atoms with Crippen LogP contribution in [0.1, 0.15) is 11.1 Å². The van der Waals surface area contributed by atoms with Crippen molar-refractivity contribution in [3.63, 3.8) is 0 Å². The molecule has 0 spiro atoms. The van der Waals surface area contributed by atoms with Gasteiger partial charge in [-0.3, -0.25) is 4.57 Å². The third-order valence-electron chi connectivity index (χ3n) is 4.57. The number of hydrogen-bond acceptors (Lipinski definition) is 5. The van der Waals surface area contributed by atoms with E-state index < -0.39 is 0 Å². The maximum atomic E-state index is 14.5. The van der Waals surface area contributed by atoms with E-state index in [0.717, 1.165) is 17.0 Å². The molecule has 3 aromatic carbocycles. The fourth-order valence-corrected chi connectivity index (χ4v) is 4.00. The first-order chi connectivity index (χ1) is 14.7. The molecular formula is C23H17FN4OS. The van der Waals surface area contributed by atoms with Crippen molar-refractivity contribution in [2.45, 2.75) is 10.9 Å². The van der Waals surface area contributed by atoms with Gasteiger partial charge in [0.05, 0.1) is 30.0 Å². The third kappa shape index (κ3) is 3.91. The molecule has 0 aliphatic rings. The Morgan fingerprint density at radius 3 is 2.47 bits per heavy atom. The largest absolute Gasteiger partial charge is 0.497 e. The molecule has 0 fully saturated rings. The van der Waals surface area contributed by atoms with Gasteiger partial charge in [0, 0.05) is 5.75 Å². The first-order valence-corrected chi connectivity index (χ1v) is 10.2. The summed E-state index contributed by atoms with van der Waals surface area (Å²) in [4.78, 5) is 0. The van der Waals surface area contributed by atoms with Crippen molar-refractivity contribution in [3.05, 3.63) is 89.7 Å². The Morgan fingerprint density at radius 1 is 1.00 bits per heavy atom. The van der Waals surface area contributed by atoms with Crippen LogP contribution in [0, 0.1) is 17.1 Å². The van der Waals surface area contributed by atoms with Gasteiger partial charge in [-0.25, -0.2) is 4.39 Å². The quantitative estimate of drug-likeness (QED) is 0.402. The molecule has 0 atom stereocenters. The lowest BCUT2D eigenvalue weighted by Gasteiger charge is -2.12. The molecule has 30 heavy (non-hydrogen) atoms. The molecule has 0 unspecified atom stereocenters. The Balaban J connectivity index is 1.77. The number of nitriles is 1.